The molecular weight excluding hydrogens is 212 g/mol. The van der Waals surface area contributed by atoms with Gasteiger partial charge in [0, 0.05) is 0 Å². The molecule has 0 saturated heterocycles. The van der Waals surface area contributed by atoms with Crippen LogP contribution in [0.2, 0.25) is 0 Å². The summed E-state index contributed by atoms with van der Waals surface area (Å²) in [7, 11) is -2.97. The molecule has 0 heterocycles. The average Bonchev–Trinajstić information content (AvgIpc) is 2.02. The minimum atomic E-state index is -2.97. The van der Waals surface area contributed by atoms with Crippen molar-refractivity contribution in [3.63, 3.8) is 0 Å². The molecule has 0 aromatic heterocycles. The predicted octanol–water partition coefficient (Wildman–Crippen LogP) is 1.85. The van der Waals surface area contributed by atoms with Gasteiger partial charge in [0.15, 0.2) is 9.84 Å². The van der Waals surface area contributed by atoms with Crippen LogP contribution in [0.25, 0.3) is 0 Å². The van der Waals surface area contributed by atoms with E-state index in [0.29, 0.717) is 12.3 Å². The third kappa shape index (κ3) is 4.98. The molecule has 0 amide bonds. The highest BCUT2D eigenvalue weighted by molar-refractivity contribution is 7.91. The van der Waals surface area contributed by atoms with Crippen molar-refractivity contribution in [2.45, 2.75) is 52.4 Å². The van der Waals surface area contributed by atoms with Gasteiger partial charge < -0.3 is 5.11 Å². The van der Waals surface area contributed by atoms with E-state index in [1.807, 2.05) is 13.8 Å². The van der Waals surface area contributed by atoms with Gasteiger partial charge in [0.05, 0.1) is 17.1 Å². The number of aliphatic hydroxyl groups is 1. The van der Waals surface area contributed by atoms with Crippen LogP contribution in [0.15, 0.2) is 0 Å². The quantitative estimate of drug-likeness (QED) is 0.766. The van der Waals surface area contributed by atoms with Crippen LogP contribution >= 0.6 is 0 Å². The first kappa shape index (κ1) is 14.9. The van der Waals surface area contributed by atoms with E-state index in [-0.39, 0.29) is 16.9 Å². The zero-order valence-corrected chi connectivity index (χ0v) is 11.2. The second-order valence-corrected chi connectivity index (χ2v) is 7.53. The molecule has 0 bridgehead atoms. The Labute approximate surface area is 93.8 Å². The molecule has 0 aromatic rings. The van der Waals surface area contributed by atoms with Crippen LogP contribution in [-0.4, -0.2) is 30.6 Å². The molecule has 2 unspecified atom stereocenters. The van der Waals surface area contributed by atoms with Gasteiger partial charge in [0.2, 0.25) is 0 Å². The third-order valence-electron chi connectivity index (χ3n) is 2.93. The lowest BCUT2D eigenvalue weighted by molar-refractivity contribution is 0.0956. The van der Waals surface area contributed by atoms with E-state index in [9.17, 15) is 13.5 Å². The maximum absolute atomic E-state index is 11.6. The number of sulfone groups is 1. The zero-order valence-electron chi connectivity index (χ0n) is 10.4. The molecule has 0 fully saturated rings. The molecule has 3 nitrogen and oxygen atoms in total. The topological polar surface area (TPSA) is 54.4 Å². The molecule has 0 aliphatic heterocycles. The standard InChI is InChI=1S/C11H24O3S/c1-8(2)11(10(5)12)6-7-15(13,14)9(3)4/h8-12H,6-7H2,1-5H3. The number of hydrogen-bond donors (Lipinski definition) is 1. The van der Waals surface area contributed by atoms with Crippen molar-refractivity contribution in [2.24, 2.45) is 11.8 Å². The molecule has 92 valence electrons. The lowest BCUT2D eigenvalue weighted by Crippen LogP contribution is -2.27. The highest BCUT2D eigenvalue weighted by Gasteiger charge is 2.23. The second-order valence-electron chi connectivity index (χ2n) is 4.85. The van der Waals surface area contributed by atoms with E-state index in [1.165, 1.54) is 0 Å². The summed E-state index contributed by atoms with van der Waals surface area (Å²) in [5, 5.41) is 9.20. The Morgan fingerprint density at radius 1 is 1.07 bits per heavy atom. The minimum absolute atomic E-state index is 0.0681. The lowest BCUT2D eigenvalue weighted by Gasteiger charge is -2.23. The highest BCUT2D eigenvalue weighted by Crippen LogP contribution is 2.21. The van der Waals surface area contributed by atoms with Crippen molar-refractivity contribution in [2.75, 3.05) is 5.75 Å². The van der Waals surface area contributed by atoms with Crippen LogP contribution in [0, 0.1) is 11.8 Å². The van der Waals surface area contributed by atoms with Gasteiger partial charge in [-0.05, 0) is 39.0 Å². The van der Waals surface area contributed by atoms with Crippen molar-refractivity contribution in [1.29, 1.82) is 0 Å². The molecule has 2 atom stereocenters. The summed E-state index contributed by atoms with van der Waals surface area (Å²) >= 11 is 0. The summed E-state index contributed by atoms with van der Waals surface area (Å²) in [6.45, 7) is 9.15. The van der Waals surface area contributed by atoms with Crippen LogP contribution in [0.1, 0.15) is 41.0 Å². The summed E-state index contributed by atoms with van der Waals surface area (Å²) in [5.41, 5.74) is 0. The van der Waals surface area contributed by atoms with Gasteiger partial charge in [-0.25, -0.2) is 8.42 Å². The van der Waals surface area contributed by atoms with Crippen LogP contribution < -0.4 is 0 Å². The normalized spacial score (nSPS) is 17.1. The largest absolute Gasteiger partial charge is 0.393 e. The van der Waals surface area contributed by atoms with Gasteiger partial charge in [-0.15, -0.1) is 0 Å². The van der Waals surface area contributed by atoms with Gasteiger partial charge in [-0.1, -0.05) is 13.8 Å². The molecule has 0 radical (unpaired) electrons. The highest BCUT2D eigenvalue weighted by atomic mass is 32.2. The monoisotopic (exact) mass is 236 g/mol. The van der Waals surface area contributed by atoms with E-state index in [4.69, 9.17) is 0 Å². The molecule has 0 aliphatic rings. The lowest BCUT2D eigenvalue weighted by atomic mass is 9.89. The fourth-order valence-electron chi connectivity index (χ4n) is 1.67. The maximum atomic E-state index is 11.6. The summed E-state index contributed by atoms with van der Waals surface area (Å²) in [4.78, 5) is 0. The Bertz CT molecular complexity index is 258. The molecule has 0 aliphatic carbocycles. The van der Waals surface area contributed by atoms with Crippen LogP contribution in [0.3, 0.4) is 0 Å². The fraction of sp³-hybridized carbons (Fsp3) is 1.00. The number of hydrogen-bond acceptors (Lipinski definition) is 3. The van der Waals surface area contributed by atoms with Crippen molar-refractivity contribution < 1.29 is 13.5 Å². The predicted molar refractivity (Wildman–Crippen MR) is 63.5 cm³/mol. The van der Waals surface area contributed by atoms with E-state index in [2.05, 4.69) is 0 Å². The Hall–Kier alpha value is -0.0900. The molecule has 0 spiro atoms. The summed E-state index contributed by atoms with van der Waals surface area (Å²) < 4.78 is 23.2. The van der Waals surface area contributed by atoms with Gasteiger partial charge in [-0.3, -0.25) is 0 Å². The zero-order chi connectivity index (χ0) is 12.2. The van der Waals surface area contributed by atoms with Gasteiger partial charge >= 0.3 is 0 Å². The van der Waals surface area contributed by atoms with Crippen molar-refractivity contribution in [1.82, 2.24) is 0 Å². The van der Waals surface area contributed by atoms with E-state index in [0.717, 1.165) is 0 Å². The van der Waals surface area contributed by atoms with E-state index in [1.54, 1.807) is 20.8 Å². The smallest absolute Gasteiger partial charge is 0.152 e. The van der Waals surface area contributed by atoms with Gasteiger partial charge in [-0.2, -0.15) is 0 Å². The van der Waals surface area contributed by atoms with Crippen molar-refractivity contribution in [3.05, 3.63) is 0 Å². The number of aliphatic hydroxyl groups excluding tert-OH is 1. The Balaban J connectivity index is 4.36. The fourth-order valence-corrected chi connectivity index (χ4v) is 2.74. The molecule has 15 heavy (non-hydrogen) atoms. The first-order valence-corrected chi connectivity index (χ1v) is 7.29. The van der Waals surface area contributed by atoms with Crippen LogP contribution in [0.4, 0.5) is 0 Å². The summed E-state index contributed by atoms with van der Waals surface area (Å²) in [5.74, 6) is 0.559. The molecule has 1 N–H and O–H groups in total. The Morgan fingerprint density at radius 2 is 1.53 bits per heavy atom. The van der Waals surface area contributed by atoms with Crippen LogP contribution in [-0.2, 0) is 9.84 Å². The Kier molecular flexibility index (Phi) is 5.81. The summed E-state index contributed by atoms with van der Waals surface area (Å²) in [6, 6.07) is 0. The van der Waals surface area contributed by atoms with Crippen LogP contribution in [0.5, 0.6) is 0 Å². The van der Waals surface area contributed by atoms with Crippen molar-refractivity contribution >= 4 is 9.84 Å². The van der Waals surface area contributed by atoms with E-state index >= 15 is 0 Å². The average molecular weight is 236 g/mol. The second kappa shape index (κ2) is 5.85. The SMILES string of the molecule is CC(C)C(CCS(=O)(=O)C(C)C)C(C)O. The van der Waals surface area contributed by atoms with E-state index < -0.39 is 15.9 Å². The molecular formula is C11H24O3S. The minimum Gasteiger partial charge on any atom is -0.393 e. The molecule has 0 aromatic carbocycles. The van der Waals surface area contributed by atoms with Gasteiger partial charge in [0.25, 0.3) is 0 Å². The van der Waals surface area contributed by atoms with Gasteiger partial charge in [0.1, 0.15) is 0 Å². The van der Waals surface area contributed by atoms with Crippen molar-refractivity contribution in [3.8, 4) is 0 Å². The summed E-state index contributed by atoms with van der Waals surface area (Å²) in [6.07, 6.45) is 0.114. The molecule has 0 saturated carbocycles. The third-order valence-corrected chi connectivity index (χ3v) is 5.17. The molecule has 0 rings (SSSR count). The number of rotatable bonds is 6. The molecule has 4 heteroatoms. The Morgan fingerprint density at radius 3 is 1.80 bits per heavy atom. The first-order valence-electron chi connectivity index (χ1n) is 5.58. The maximum Gasteiger partial charge on any atom is 0.152 e. The first-order chi connectivity index (χ1) is 6.68.